The van der Waals surface area contributed by atoms with Crippen LogP contribution >= 0.6 is 22.6 Å². The van der Waals surface area contributed by atoms with Crippen LogP contribution in [0.1, 0.15) is 43.0 Å². The fraction of sp³-hybridized carbons (Fsp3) is 0.462. The molecule has 1 aromatic rings. The summed E-state index contributed by atoms with van der Waals surface area (Å²) in [6.07, 6.45) is 5.23. The largest absolute Gasteiger partial charge is 0.489 e. The van der Waals surface area contributed by atoms with E-state index in [1.54, 1.807) is 6.92 Å². The molecule has 0 spiro atoms. The lowest BCUT2D eigenvalue weighted by molar-refractivity contribution is 0.101. The van der Waals surface area contributed by atoms with Gasteiger partial charge in [0.05, 0.1) is 9.67 Å². The van der Waals surface area contributed by atoms with Crippen molar-refractivity contribution in [1.29, 1.82) is 0 Å². The quantitative estimate of drug-likeness (QED) is 0.622. The van der Waals surface area contributed by atoms with Crippen molar-refractivity contribution >= 4 is 28.4 Å². The average Bonchev–Trinajstić information content (AvgIpc) is 2.73. The molecule has 0 unspecified atom stereocenters. The molecular formula is C13H15IO2. The maximum atomic E-state index is 11.2. The monoisotopic (exact) mass is 330 g/mol. The van der Waals surface area contributed by atoms with Crippen LogP contribution in [0, 0.1) is 3.57 Å². The van der Waals surface area contributed by atoms with E-state index in [1.165, 1.54) is 12.8 Å². The third-order valence-corrected chi connectivity index (χ3v) is 3.78. The Hall–Kier alpha value is -0.580. The van der Waals surface area contributed by atoms with Gasteiger partial charge in [-0.05, 0) is 73.4 Å². The predicted molar refractivity (Wildman–Crippen MR) is 72.0 cm³/mol. The summed E-state index contributed by atoms with van der Waals surface area (Å²) in [6, 6.07) is 5.65. The topological polar surface area (TPSA) is 26.3 Å². The van der Waals surface area contributed by atoms with Crippen molar-refractivity contribution in [2.45, 2.75) is 38.7 Å². The van der Waals surface area contributed by atoms with E-state index in [4.69, 9.17) is 4.74 Å². The van der Waals surface area contributed by atoms with Gasteiger partial charge in [0, 0.05) is 5.56 Å². The summed E-state index contributed by atoms with van der Waals surface area (Å²) in [4.78, 5) is 11.2. The van der Waals surface area contributed by atoms with E-state index in [1.807, 2.05) is 18.2 Å². The van der Waals surface area contributed by atoms with Gasteiger partial charge in [0.2, 0.25) is 0 Å². The predicted octanol–water partition coefficient (Wildman–Crippen LogP) is 3.82. The van der Waals surface area contributed by atoms with E-state index in [-0.39, 0.29) is 5.78 Å². The van der Waals surface area contributed by atoms with Gasteiger partial charge in [-0.15, -0.1) is 0 Å². The first kappa shape index (κ1) is 11.9. The molecule has 16 heavy (non-hydrogen) atoms. The zero-order valence-corrected chi connectivity index (χ0v) is 11.5. The van der Waals surface area contributed by atoms with Gasteiger partial charge in [-0.1, -0.05) is 0 Å². The Balaban J connectivity index is 2.12. The number of carbonyl (C=O) groups excluding carboxylic acids is 1. The SMILES string of the molecule is CC(=O)c1ccc(OC2CCCC2)c(I)c1. The highest BCUT2D eigenvalue weighted by Gasteiger charge is 2.17. The first-order valence-corrected chi connectivity index (χ1v) is 6.72. The summed E-state index contributed by atoms with van der Waals surface area (Å²) in [6.45, 7) is 1.59. The summed E-state index contributed by atoms with van der Waals surface area (Å²) >= 11 is 2.23. The molecule has 0 amide bonds. The van der Waals surface area contributed by atoms with Crippen LogP contribution in [0.2, 0.25) is 0 Å². The lowest BCUT2D eigenvalue weighted by atomic mass is 10.1. The molecule has 0 saturated heterocycles. The molecule has 0 N–H and O–H groups in total. The van der Waals surface area contributed by atoms with Crippen molar-refractivity contribution in [3.63, 3.8) is 0 Å². The molecule has 86 valence electrons. The second-order valence-corrected chi connectivity index (χ2v) is 5.39. The lowest BCUT2D eigenvalue weighted by Crippen LogP contribution is -2.11. The van der Waals surface area contributed by atoms with E-state index >= 15 is 0 Å². The smallest absolute Gasteiger partial charge is 0.159 e. The van der Waals surface area contributed by atoms with Gasteiger partial charge in [0.1, 0.15) is 5.75 Å². The summed E-state index contributed by atoms with van der Waals surface area (Å²) in [5.41, 5.74) is 0.753. The van der Waals surface area contributed by atoms with Crippen LogP contribution < -0.4 is 4.74 Å². The molecule has 1 aliphatic rings. The van der Waals surface area contributed by atoms with Gasteiger partial charge in [-0.3, -0.25) is 4.79 Å². The van der Waals surface area contributed by atoms with Crippen LogP contribution in [-0.2, 0) is 0 Å². The number of Topliss-reactive ketones (excluding diaryl/α,β-unsaturated/α-hetero) is 1. The lowest BCUT2D eigenvalue weighted by Gasteiger charge is -2.14. The zero-order valence-electron chi connectivity index (χ0n) is 9.33. The first-order chi connectivity index (χ1) is 7.66. The van der Waals surface area contributed by atoms with E-state index in [0.29, 0.717) is 6.10 Å². The Kier molecular flexibility index (Phi) is 3.84. The van der Waals surface area contributed by atoms with E-state index < -0.39 is 0 Å². The molecule has 2 rings (SSSR count). The summed E-state index contributed by atoms with van der Waals surface area (Å²) in [5.74, 6) is 1.02. The summed E-state index contributed by atoms with van der Waals surface area (Å²) in [7, 11) is 0. The molecule has 0 bridgehead atoms. The maximum absolute atomic E-state index is 11.2. The van der Waals surface area contributed by atoms with E-state index in [2.05, 4.69) is 22.6 Å². The second kappa shape index (κ2) is 5.17. The van der Waals surface area contributed by atoms with Crippen molar-refractivity contribution < 1.29 is 9.53 Å². The van der Waals surface area contributed by atoms with E-state index in [0.717, 1.165) is 27.7 Å². The Labute approximate surface area is 110 Å². The van der Waals surface area contributed by atoms with Crippen LogP contribution in [-0.4, -0.2) is 11.9 Å². The fourth-order valence-electron chi connectivity index (χ4n) is 2.00. The summed E-state index contributed by atoms with van der Waals surface area (Å²) in [5, 5.41) is 0. The number of ether oxygens (including phenoxy) is 1. The van der Waals surface area contributed by atoms with Crippen molar-refractivity contribution in [3.05, 3.63) is 27.3 Å². The van der Waals surface area contributed by atoms with Crippen molar-refractivity contribution in [2.24, 2.45) is 0 Å². The van der Waals surface area contributed by atoms with Gasteiger partial charge in [0.25, 0.3) is 0 Å². The zero-order chi connectivity index (χ0) is 11.5. The molecule has 1 saturated carbocycles. The number of halogens is 1. The normalized spacial score (nSPS) is 16.4. The minimum absolute atomic E-state index is 0.102. The van der Waals surface area contributed by atoms with Crippen LogP contribution in [0.4, 0.5) is 0 Å². The van der Waals surface area contributed by atoms with Gasteiger partial charge in [0.15, 0.2) is 5.78 Å². The third kappa shape index (κ3) is 2.75. The average molecular weight is 330 g/mol. The number of ketones is 1. The van der Waals surface area contributed by atoms with Crippen molar-refractivity contribution in [3.8, 4) is 5.75 Å². The number of rotatable bonds is 3. The molecule has 1 aliphatic carbocycles. The molecule has 1 fully saturated rings. The maximum Gasteiger partial charge on any atom is 0.159 e. The third-order valence-electron chi connectivity index (χ3n) is 2.93. The number of hydrogen-bond acceptors (Lipinski definition) is 2. The molecule has 0 radical (unpaired) electrons. The molecule has 0 atom stereocenters. The van der Waals surface area contributed by atoms with Crippen LogP contribution in [0.3, 0.4) is 0 Å². The minimum Gasteiger partial charge on any atom is -0.489 e. The summed E-state index contributed by atoms with van der Waals surface area (Å²) < 4.78 is 6.95. The highest BCUT2D eigenvalue weighted by molar-refractivity contribution is 14.1. The standard InChI is InChI=1S/C13H15IO2/c1-9(15)10-6-7-13(12(14)8-10)16-11-4-2-3-5-11/h6-8,11H,2-5H2,1H3. The first-order valence-electron chi connectivity index (χ1n) is 5.64. The Bertz CT molecular complexity index is 395. The second-order valence-electron chi connectivity index (χ2n) is 4.23. The van der Waals surface area contributed by atoms with Crippen LogP contribution in [0.5, 0.6) is 5.75 Å². The van der Waals surface area contributed by atoms with Crippen LogP contribution in [0.15, 0.2) is 18.2 Å². The van der Waals surface area contributed by atoms with Crippen molar-refractivity contribution in [2.75, 3.05) is 0 Å². The van der Waals surface area contributed by atoms with Gasteiger partial charge in [-0.25, -0.2) is 0 Å². The Morgan fingerprint density at radius 3 is 2.62 bits per heavy atom. The van der Waals surface area contributed by atoms with Crippen LogP contribution in [0.25, 0.3) is 0 Å². The molecule has 1 aromatic carbocycles. The molecule has 3 heteroatoms. The molecule has 0 heterocycles. The van der Waals surface area contributed by atoms with Crippen molar-refractivity contribution in [1.82, 2.24) is 0 Å². The number of hydrogen-bond donors (Lipinski definition) is 0. The minimum atomic E-state index is 0.102. The number of carbonyl (C=O) groups is 1. The van der Waals surface area contributed by atoms with Gasteiger partial charge >= 0.3 is 0 Å². The molecule has 0 aromatic heterocycles. The highest BCUT2D eigenvalue weighted by atomic mass is 127. The van der Waals surface area contributed by atoms with Gasteiger partial charge < -0.3 is 4.74 Å². The fourth-order valence-corrected chi connectivity index (χ4v) is 2.64. The van der Waals surface area contributed by atoms with Gasteiger partial charge in [-0.2, -0.15) is 0 Å². The van der Waals surface area contributed by atoms with E-state index in [9.17, 15) is 4.79 Å². The Morgan fingerprint density at radius 1 is 1.38 bits per heavy atom. The number of benzene rings is 1. The molecular weight excluding hydrogens is 315 g/mol. The molecule has 2 nitrogen and oxygen atoms in total. The Morgan fingerprint density at radius 2 is 2.06 bits per heavy atom. The highest BCUT2D eigenvalue weighted by Crippen LogP contribution is 2.28. The molecule has 0 aliphatic heterocycles.